The molecular formula is C7H16Cl2N2O3. The summed E-state index contributed by atoms with van der Waals surface area (Å²) in [5.74, 6) is -0.704. The van der Waals surface area contributed by atoms with Gasteiger partial charge in [0, 0.05) is 0 Å². The number of nitrogens with two attached hydrogens (primary N) is 2. The first-order valence-corrected chi connectivity index (χ1v) is 4.83. The van der Waals surface area contributed by atoms with Crippen LogP contribution >= 0.6 is 23.5 Å². The number of hydrogen-bond donors (Lipinski definition) is 2. The van der Waals surface area contributed by atoms with Crippen molar-refractivity contribution in [2.75, 3.05) is 12.4 Å². The smallest absolute Gasteiger partial charge is 0.345 e. The number of rotatable bonds is 6. The lowest BCUT2D eigenvalue weighted by atomic mass is 9.96. The van der Waals surface area contributed by atoms with Crippen molar-refractivity contribution in [2.24, 2.45) is 11.5 Å². The Morgan fingerprint density at radius 1 is 1.43 bits per heavy atom. The van der Waals surface area contributed by atoms with Crippen LogP contribution in [0.5, 0.6) is 0 Å². The highest BCUT2D eigenvalue weighted by Gasteiger charge is 2.34. The quantitative estimate of drug-likeness (QED) is 0.505. The Morgan fingerprint density at radius 2 is 2.00 bits per heavy atom. The highest BCUT2D eigenvalue weighted by molar-refractivity contribution is 6.21. The molecule has 0 bridgehead atoms. The molecule has 0 amide bonds. The second kappa shape index (κ2) is 8.26. The Morgan fingerprint density at radius 3 is 2.36 bits per heavy atom. The largest absolute Gasteiger partial charge is 0.412 e. The minimum absolute atomic E-state index is 0. The van der Waals surface area contributed by atoms with Crippen molar-refractivity contribution >= 4 is 29.4 Å². The Kier molecular flexibility index (Phi) is 9.65. The topological polar surface area (TPSA) is 110 Å². The molecule has 0 spiro atoms. The lowest BCUT2D eigenvalue weighted by Crippen LogP contribution is -2.50. The number of halogens is 2. The summed E-state index contributed by atoms with van der Waals surface area (Å²) in [4.78, 5) is 11.1. The fourth-order valence-electron chi connectivity index (χ4n) is 0.885. The summed E-state index contributed by atoms with van der Waals surface area (Å²) >= 11 is 10.5. The van der Waals surface area contributed by atoms with E-state index in [4.69, 9.17) is 34.9 Å². The standard InChI is InChI=1S/C7H14Cl2N2O2.H2O/c8-5-7(11,6(12)13-9)3-1-2-4-10;/h1-5,10-11H2;1H2. The van der Waals surface area contributed by atoms with Gasteiger partial charge >= 0.3 is 5.97 Å². The van der Waals surface area contributed by atoms with Gasteiger partial charge in [0.15, 0.2) is 0 Å². The number of carbonyl (C=O) groups is 1. The van der Waals surface area contributed by atoms with Gasteiger partial charge in [-0.15, -0.1) is 11.6 Å². The SMILES string of the molecule is NCCCCC(N)(CCl)C(=O)OCl.O. The predicted octanol–water partition coefficient (Wildman–Crippen LogP) is -0.0760. The van der Waals surface area contributed by atoms with Gasteiger partial charge in [-0.2, -0.15) is 0 Å². The maximum atomic E-state index is 11.1. The van der Waals surface area contributed by atoms with Gasteiger partial charge in [0.25, 0.3) is 0 Å². The molecule has 6 N–H and O–H groups in total. The van der Waals surface area contributed by atoms with Crippen LogP contribution in [0.15, 0.2) is 0 Å². The van der Waals surface area contributed by atoms with E-state index in [2.05, 4.69) is 4.29 Å². The Labute approximate surface area is 93.1 Å². The lowest BCUT2D eigenvalue weighted by molar-refractivity contribution is -0.139. The highest BCUT2D eigenvalue weighted by atomic mass is 35.5. The van der Waals surface area contributed by atoms with Crippen molar-refractivity contribution in [2.45, 2.75) is 24.8 Å². The molecule has 0 aliphatic heterocycles. The second-order valence-corrected chi connectivity index (χ2v) is 3.32. The molecule has 1 atom stereocenters. The van der Waals surface area contributed by atoms with E-state index in [1.54, 1.807) is 0 Å². The maximum Gasteiger partial charge on any atom is 0.345 e. The number of carbonyl (C=O) groups excluding carboxylic acids is 1. The van der Waals surface area contributed by atoms with Gasteiger partial charge in [-0.1, -0.05) is 0 Å². The summed E-state index contributed by atoms with van der Waals surface area (Å²) in [6, 6.07) is 0. The van der Waals surface area contributed by atoms with E-state index in [1.807, 2.05) is 0 Å². The van der Waals surface area contributed by atoms with Crippen molar-refractivity contribution in [3.05, 3.63) is 0 Å². The monoisotopic (exact) mass is 246 g/mol. The third-order valence-corrected chi connectivity index (χ3v) is 2.41. The van der Waals surface area contributed by atoms with E-state index in [9.17, 15) is 4.79 Å². The van der Waals surface area contributed by atoms with Gasteiger partial charge in [0.2, 0.25) is 0 Å². The zero-order valence-corrected chi connectivity index (χ0v) is 9.27. The van der Waals surface area contributed by atoms with Crippen LogP contribution in [0.2, 0.25) is 0 Å². The molecule has 0 aliphatic rings. The lowest BCUT2D eigenvalue weighted by Gasteiger charge is -2.22. The van der Waals surface area contributed by atoms with Crippen molar-refractivity contribution in [1.29, 1.82) is 0 Å². The summed E-state index contributed by atoms with van der Waals surface area (Å²) in [7, 11) is 0. The molecule has 0 aromatic rings. The van der Waals surface area contributed by atoms with Gasteiger partial charge in [-0.3, -0.25) is 0 Å². The Bertz CT molecular complexity index is 171. The van der Waals surface area contributed by atoms with Crippen LogP contribution in [0, 0.1) is 0 Å². The number of hydrogen-bond acceptors (Lipinski definition) is 4. The van der Waals surface area contributed by atoms with E-state index in [-0.39, 0.29) is 11.4 Å². The van der Waals surface area contributed by atoms with Crippen LogP contribution < -0.4 is 11.5 Å². The van der Waals surface area contributed by atoms with Gasteiger partial charge in [-0.25, -0.2) is 4.79 Å². The molecule has 0 aromatic heterocycles. The third-order valence-electron chi connectivity index (χ3n) is 1.79. The normalized spacial score (nSPS) is 14.0. The summed E-state index contributed by atoms with van der Waals surface area (Å²) in [5.41, 5.74) is 9.77. The fourth-order valence-corrected chi connectivity index (χ4v) is 1.28. The van der Waals surface area contributed by atoms with Crippen LogP contribution in [-0.2, 0) is 9.08 Å². The molecular weight excluding hydrogens is 231 g/mol. The van der Waals surface area contributed by atoms with Crippen molar-refractivity contribution in [3.8, 4) is 0 Å². The first kappa shape index (κ1) is 16.4. The zero-order chi connectivity index (χ0) is 10.3. The summed E-state index contributed by atoms with van der Waals surface area (Å²) in [6.07, 6.45) is 1.95. The van der Waals surface area contributed by atoms with E-state index in [1.165, 1.54) is 0 Å². The minimum Gasteiger partial charge on any atom is -0.412 e. The fraction of sp³-hybridized carbons (Fsp3) is 0.857. The maximum absolute atomic E-state index is 11.1. The molecule has 5 nitrogen and oxygen atoms in total. The van der Waals surface area contributed by atoms with Crippen molar-refractivity contribution < 1.29 is 14.6 Å². The molecule has 0 rings (SSSR count). The van der Waals surface area contributed by atoms with E-state index in [0.717, 1.165) is 12.8 Å². The van der Waals surface area contributed by atoms with Crippen molar-refractivity contribution in [1.82, 2.24) is 0 Å². The van der Waals surface area contributed by atoms with Crippen LogP contribution in [0.4, 0.5) is 0 Å². The molecule has 86 valence electrons. The average Bonchev–Trinajstić information content (AvgIpc) is 2.16. The molecule has 14 heavy (non-hydrogen) atoms. The zero-order valence-electron chi connectivity index (χ0n) is 7.76. The van der Waals surface area contributed by atoms with E-state index < -0.39 is 11.5 Å². The molecule has 7 heteroatoms. The number of alkyl halides is 1. The van der Waals surface area contributed by atoms with Gasteiger partial charge in [0.05, 0.1) is 5.88 Å². The Hall–Kier alpha value is -0.0700. The van der Waals surface area contributed by atoms with Crippen LogP contribution in [0.25, 0.3) is 0 Å². The Balaban J connectivity index is 0. The summed E-state index contributed by atoms with van der Waals surface area (Å²) in [6.45, 7) is 0.564. The van der Waals surface area contributed by atoms with Crippen LogP contribution in [-0.4, -0.2) is 29.4 Å². The third kappa shape index (κ3) is 4.97. The molecule has 0 saturated heterocycles. The second-order valence-electron chi connectivity index (χ2n) is 2.90. The molecule has 0 aromatic carbocycles. The van der Waals surface area contributed by atoms with Crippen LogP contribution in [0.1, 0.15) is 19.3 Å². The molecule has 1 unspecified atom stereocenters. The summed E-state index contributed by atoms with van der Waals surface area (Å²) < 4.78 is 4.03. The van der Waals surface area contributed by atoms with Gasteiger partial charge in [0.1, 0.15) is 17.4 Å². The first-order chi connectivity index (χ1) is 6.10. The van der Waals surface area contributed by atoms with Gasteiger partial charge in [-0.05, 0) is 25.8 Å². The molecule has 0 heterocycles. The average molecular weight is 247 g/mol. The van der Waals surface area contributed by atoms with Crippen molar-refractivity contribution in [3.63, 3.8) is 0 Å². The summed E-state index contributed by atoms with van der Waals surface area (Å²) in [5, 5.41) is 0. The number of unbranched alkanes of at least 4 members (excludes halogenated alkanes) is 1. The molecule has 0 fully saturated rings. The predicted molar refractivity (Wildman–Crippen MR) is 56.1 cm³/mol. The molecule has 0 radical (unpaired) electrons. The van der Waals surface area contributed by atoms with Gasteiger partial charge < -0.3 is 21.2 Å². The minimum atomic E-state index is -1.18. The van der Waals surface area contributed by atoms with E-state index in [0.29, 0.717) is 13.0 Å². The van der Waals surface area contributed by atoms with Crippen LogP contribution in [0.3, 0.4) is 0 Å². The highest BCUT2D eigenvalue weighted by Crippen LogP contribution is 2.15. The first-order valence-electron chi connectivity index (χ1n) is 3.98. The van der Waals surface area contributed by atoms with E-state index >= 15 is 0 Å². The molecule has 0 saturated carbocycles. The molecule has 0 aliphatic carbocycles.